The Morgan fingerprint density at radius 3 is 2.38 bits per heavy atom. The van der Waals surface area contributed by atoms with Gasteiger partial charge in [0.05, 0.1) is 0 Å². The topological polar surface area (TPSA) is 34.6 Å². The molecule has 0 spiro atoms. The zero-order valence-corrected chi connectivity index (χ0v) is 13.0. The Labute approximate surface area is 127 Å². The summed E-state index contributed by atoms with van der Waals surface area (Å²) < 4.78 is 0. The van der Waals surface area contributed by atoms with Gasteiger partial charge in [0.15, 0.2) is 0 Å². The number of likely N-dealkylation sites (N-methyl/N-ethyl adjacent to an activating group) is 1. The Morgan fingerprint density at radius 1 is 1.05 bits per heavy atom. The Bertz CT molecular complexity index is 410. The lowest BCUT2D eigenvalue weighted by Gasteiger charge is -2.41. The van der Waals surface area contributed by atoms with Crippen LogP contribution in [0.5, 0.6) is 0 Å². The number of rotatable bonds is 4. The maximum Gasteiger partial charge on any atom is 0.0477 e. The first-order chi connectivity index (χ1) is 10.3. The molecule has 1 N–H and O–H groups in total. The van der Waals surface area contributed by atoms with Crippen LogP contribution >= 0.6 is 0 Å². The van der Waals surface area contributed by atoms with E-state index in [9.17, 15) is 0 Å². The Morgan fingerprint density at radius 2 is 1.71 bits per heavy atom. The van der Waals surface area contributed by atoms with E-state index in [1.54, 1.807) is 0 Å². The van der Waals surface area contributed by atoms with Crippen molar-refractivity contribution in [1.29, 1.82) is 0 Å². The lowest BCUT2D eigenvalue weighted by molar-refractivity contribution is 0.0816. The summed E-state index contributed by atoms with van der Waals surface area (Å²) in [4.78, 5) is 11.9. The maximum absolute atomic E-state index is 4.18. The molecule has 1 aromatic rings. The maximum atomic E-state index is 4.18. The average molecular weight is 289 g/mol. The van der Waals surface area contributed by atoms with E-state index in [0.29, 0.717) is 6.04 Å². The summed E-state index contributed by atoms with van der Waals surface area (Å²) in [6.45, 7) is 10.4. The molecule has 0 radical (unpaired) electrons. The predicted octanol–water partition coefficient (Wildman–Crippen LogP) is 0.275. The highest BCUT2D eigenvalue weighted by atomic mass is 15.3. The second-order valence-corrected chi connectivity index (χ2v) is 6.19. The third-order valence-electron chi connectivity index (χ3n) is 4.71. The van der Waals surface area contributed by atoms with Crippen LogP contribution in [-0.2, 0) is 0 Å². The number of nitrogens with zero attached hydrogens (tertiary/aromatic N) is 4. The number of hydrogen-bond acceptors (Lipinski definition) is 5. The molecule has 1 unspecified atom stereocenters. The normalized spacial score (nSPS) is 24.0. The quantitative estimate of drug-likeness (QED) is 0.861. The monoisotopic (exact) mass is 289 g/mol. The van der Waals surface area contributed by atoms with Crippen LogP contribution < -0.4 is 5.32 Å². The van der Waals surface area contributed by atoms with Crippen LogP contribution in [0.3, 0.4) is 0 Å². The van der Waals surface area contributed by atoms with Crippen molar-refractivity contribution in [3.8, 4) is 0 Å². The van der Waals surface area contributed by atoms with Gasteiger partial charge in [-0.05, 0) is 24.7 Å². The summed E-state index contributed by atoms with van der Waals surface area (Å²) in [5.41, 5.74) is 1.41. The molecule has 0 bridgehead atoms. The molecular formula is C16H27N5. The summed E-state index contributed by atoms with van der Waals surface area (Å²) in [5, 5.41) is 3.44. The summed E-state index contributed by atoms with van der Waals surface area (Å²) in [5.74, 6) is 0. The van der Waals surface area contributed by atoms with Crippen molar-refractivity contribution in [2.75, 3.05) is 66.0 Å². The Hall–Kier alpha value is -1.01. The fourth-order valence-electron chi connectivity index (χ4n) is 3.29. The van der Waals surface area contributed by atoms with Crippen molar-refractivity contribution in [2.24, 2.45) is 0 Å². The first-order valence-corrected chi connectivity index (χ1v) is 8.08. The molecule has 5 heteroatoms. The SMILES string of the molecule is CN1CCN(C(CN2CCNCC2)c2ccncc2)CC1. The largest absolute Gasteiger partial charge is 0.314 e. The van der Waals surface area contributed by atoms with Crippen molar-refractivity contribution >= 4 is 0 Å². The van der Waals surface area contributed by atoms with Gasteiger partial charge < -0.3 is 10.2 Å². The predicted molar refractivity (Wildman–Crippen MR) is 85.4 cm³/mol. The van der Waals surface area contributed by atoms with E-state index in [1.807, 2.05) is 12.4 Å². The molecular weight excluding hydrogens is 262 g/mol. The van der Waals surface area contributed by atoms with Crippen LogP contribution in [0.15, 0.2) is 24.5 Å². The van der Waals surface area contributed by atoms with Gasteiger partial charge in [-0.1, -0.05) is 0 Å². The lowest BCUT2D eigenvalue weighted by Crippen LogP contribution is -2.51. The zero-order chi connectivity index (χ0) is 14.5. The van der Waals surface area contributed by atoms with Gasteiger partial charge in [-0.2, -0.15) is 0 Å². The highest BCUT2D eigenvalue weighted by Crippen LogP contribution is 2.23. The van der Waals surface area contributed by atoms with Gasteiger partial charge >= 0.3 is 0 Å². The molecule has 116 valence electrons. The molecule has 2 fully saturated rings. The molecule has 1 atom stereocenters. The number of hydrogen-bond donors (Lipinski definition) is 1. The summed E-state index contributed by atoms with van der Waals surface area (Å²) >= 11 is 0. The van der Waals surface area contributed by atoms with Crippen LogP contribution in [0.25, 0.3) is 0 Å². The third kappa shape index (κ3) is 4.01. The van der Waals surface area contributed by atoms with Gasteiger partial charge in [0.1, 0.15) is 0 Å². The lowest BCUT2D eigenvalue weighted by atomic mass is 10.0. The smallest absolute Gasteiger partial charge is 0.0477 e. The Balaban J connectivity index is 1.71. The van der Waals surface area contributed by atoms with E-state index in [-0.39, 0.29) is 0 Å². The van der Waals surface area contributed by atoms with Crippen LogP contribution in [-0.4, -0.2) is 85.6 Å². The highest BCUT2D eigenvalue weighted by molar-refractivity contribution is 5.16. The molecule has 0 aromatic carbocycles. The second kappa shape index (κ2) is 7.31. The van der Waals surface area contributed by atoms with Crippen molar-refractivity contribution in [3.63, 3.8) is 0 Å². The number of pyridine rings is 1. The number of piperazine rings is 2. The Kier molecular flexibility index (Phi) is 5.19. The minimum absolute atomic E-state index is 0.500. The zero-order valence-electron chi connectivity index (χ0n) is 13.0. The van der Waals surface area contributed by atoms with Gasteiger partial charge in [-0.3, -0.25) is 14.8 Å². The van der Waals surface area contributed by atoms with Crippen LogP contribution in [0.4, 0.5) is 0 Å². The molecule has 2 aliphatic rings. The molecule has 21 heavy (non-hydrogen) atoms. The molecule has 3 heterocycles. The fraction of sp³-hybridized carbons (Fsp3) is 0.688. The minimum Gasteiger partial charge on any atom is -0.314 e. The van der Waals surface area contributed by atoms with Crippen LogP contribution in [0.1, 0.15) is 11.6 Å². The van der Waals surface area contributed by atoms with E-state index in [2.05, 4.69) is 44.2 Å². The molecule has 0 saturated carbocycles. The van der Waals surface area contributed by atoms with Gasteiger partial charge in [-0.25, -0.2) is 0 Å². The van der Waals surface area contributed by atoms with Gasteiger partial charge in [0, 0.05) is 77.3 Å². The first kappa shape index (κ1) is 14.9. The summed E-state index contributed by atoms with van der Waals surface area (Å²) in [7, 11) is 2.22. The van der Waals surface area contributed by atoms with E-state index in [4.69, 9.17) is 0 Å². The van der Waals surface area contributed by atoms with Crippen molar-refractivity contribution in [3.05, 3.63) is 30.1 Å². The summed E-state index contributed by atoms with van der Waals surface area (Å²) in [6.07, 6.45) is 3.85. The molecule has 0 aliphatic carbocycles. The van der Waals surface area contributed by atoms with Gasteiger partial charge in [-0.15, -0.1) is 0 Å². The standard InChI is InChI=1S/C16H27N5/c1-19-10-12-21(13-11-19)16(15-2-4-17-5-3-15)14-20-8-6-18-7-9-20/h2-5,16,18H,6-14H2,1H3. The van der Waals surface area contributed by atoms with E-state index < -0.39 is 0 Å². The molecule has 2 aliphatic heterocycles. The number of nitrogens with one attached hydrogen (secondary N) is 1. The van der Waals surface area contributed by atoms with Crippen molar-refractivity contribution in [1.82, 2.24) is 25.0 Å². The van der Waals surface area contributed by atoms with Gasteiger partial charge in [0.25, 0.3) is 0 Å². The average Bonchev–Trinajstić information content (AvgIpc) is 2.55. The molecule has 0 amide bonds. The number of aromatic nitrogens is 1. The molecule has 3 rings (SSSR count). The van der Waals surface area contributed by atoms with Crippen molar-refractivity contribution < 1.29 is 0 Å². The van der Waals surface area contributed by atoms with Crippen LogP contribution in [0.2, 0.25) is 0 Å². The molecule has 5 nitrogen and oxygen atoms in total. The van der Waals surface area contributed by atoms with Gasteiger partial charge in [0.2, 0.25) is 0 Å². The third-order valence-corrected chi connectivity index (χ3v) is 4.71. The van der Waals surface area contributed by atoms with E-state index in [0.717, 1.165) is 45.8 Å². The molecule has 1 aromatic heterocycles. The van der Waals surface area contributed by atoms with E-state index >= 15 is 0 Å². The van der Waals surface area contributed by atoms with E-state index in [1.165, 1.54) is 18.7 Å². The fourth-order valence-corrected chi connectivity index (χ4v) is 3.29. The first-order valence-electron chi connectivity index (χ1n) is 8.08. The minimum atomic E-state index is 0.500. The highest BCUT2D eigenvalue weighted by Gasteiger charge is 2.26. The molecule has 2 saturated heterocycles. The van der Waals surface area contributed by atoms with Crippen LogP contribution in [0, 0.1) is 0 Å². The summed E-state index contributed by atoms with van der Waals surface area (Å²) in [6, 6.07) is 4.87. The second-order valence-electron chi connectivity index (χ2n) is 6.19. The van der Waals surface area contributed by atoms with Crippen molar-refractivity contribution in [2.45, 2.75) is 6.04 Å².